The average Bonchev–Trinajstić information content (AvgIpc) is 3.33. The summed E-state index contributed by atoms with van der Waals surface area (Å²) >= 11 is 5.73. The molecular weight excluding hydrogens is 424 g/mol. The summed E-state index contributed by atoms with van der Waals surface area (Å²) in [6.45, 7) is 10.2. The first kappa shape index (κ1) is 24.5. The van der Waals surface area contributed by atoms with Crippen molar-refractivity contribution in [1.29, 1.82) is 0 Å². The maximum atomic E-state index is 12.8. The third kappa shape index (κ3) is 6.67. The van der Waals surface area contributed by atoms with Crippen LogP contribution in [0.4, 0.5) is 0 Å². The number of hydrogen-bond donors (Lipinski definition) is 2. The molecule has 1 saturated heterocycles. The fourth-order valence-electron chi connectivity index (χ4n) is 4.07. The molecule has 0 saturated carbocycles. The number of ether oxygens (including phenoxy) is 2. The highest BCUT2D eigenvalue weighted by atomic mass is 32.1. The molecule has 3 rings (SSSR count). The number of pyridine rings is 1. The molecule has 7 nitrogen and oxygen atoms in total. The lowest BCUT2D eigenvalue weighted by molar-refractivity contribution is 0.113. The van der Waals surface area contributed by atoms with Crippen LogP contribution < -0.4 is 15.6 Å². The van der Waals surface area contributed by atoms with Crippen LogP contribution in [-0.2, 0) is 11.3 Å². The van der Waals surface area contributed by atoms with Crippen LogP contribution in [-0.4, -0.2) is 72.4 Å². The van der Waals surface area contributed by atoms with Gasteiger partial charge in [0, 0.05) is 31.3 Å². The number of fused-ring (bicyclic) bond motifs is 1. The van der Waals surface area contributed by atoms with Gasteiger partial charge in [-0.15, -0.1) is 0 Å². The number of nitrogens with one attached hydrogen (secondary N) is 2. The largest absolute Gasteiger partial charge is 0.497 e. The summed E-state index contributed by atoms with van der Waals surface area (Å²) in [4.78, 5) is 20.3. The molecule has 0 unspecified atom stereocenters. The first-order valence-corrected chi connectivity index (χ1v) is 12.0. The van der Waals surface area contributed by atoms with Gasteiger partial charge in [-0.3, -0.25) is 4.79 Å². The summed E-state index contributed by atoms with van der Waals surface area (Å²) in [6.07, 6.45) is 3.35. The van der Waals surface area contributed by atoms with Crippen molar-refractivity contribution in [3.05, 3.63) is 40.2 Å². The monoisotopic (exact) mass is 460 g/mol. The predicted octanol–water partition coefficient (Wildman–Crippen LogP) is 3.12. The van der Waals surface area contributed by atoms with Crippen LogP contribution in [0.3, 0.4) is 0 Å². The molecule has 1 aliphatic heterocycles. The number of rotatable bonds is 11. The van der Waals surface area contributed by atoms with Crippen molar-refractivity contribution in [3.63, 3.8) is 0 Å². The number of aromatic amines is 1. The quantitative estimate of drug-likeness (QED) is 0.499. The van der Waals surface area contributed by atoms with Crippen LogP contribution in [0.25, 0.3) is 10.9 Å². The number of methoxy groups -OCH3 is 1. The lowest BCUT2D eigenvalue weighted by Gasteiger charge is -2.28. The average molecular weight is 461 g/mol. The van der Waals surface area contributed by atoms with Gasteiger partial charge in [0.2, 0.25) is 0 Å². The molecule has 0 radical (unpaired) electrons. The number of hydrogen-bond acceptors (Lipinski definition) is 5. The van der Waals surface area contributed by atoms with E-state index in [1.54, 1.807) is 7.11 Å². The molecule has 1 atom stereocenters. The molecule has 2 N–H and O–H groups in total. The van der Waals surface area contributed by atoms with E-state index in [9.17, 15) is 4.79 Å². The normalized spacial score (nSPS) is 15.9. The van der Waals surface area contributed by atoms with Crippen molar-refractivity contribution in [2.45, 2.75) is 45.8 Å². The minimum Gasteiger partial charge on any atom is -0.497 e. The zero-order valence-corrected chi connectivity index (χ0v) is 20.3. The Hall–Kier alpha value is -2.16. The Morgan fingerprint density at radius 1 is 1.28 bits per heavy atom. The van der Waals surface area contributed by atoms with Crippen LogP contribution in [0.5, 0.6) is 5.75 Å². The van der Waals surface area contributed by atoms with E-state index in [4.69, 9.17) is 21.7 Å². The molecule has 1 aromatic carbocycles. The smallest absolute Gasteiger partial charge is 0.253 e. The molecule has 32 heavy (non-hydrogen) atoms. The van der Waals surface area contributed by atoms with E-state index in [0.717, 1.165) is 68.7 Å². The van der Waals surface area contributed by atoms with Crippen molar-refractivity contribution >= 4 is 28.2 Å². The van der Waals surface area contributed by atoms with Crippen molar-refractivity contribution < 1.29 is 9.47 Å². The second-order valence-electron chi connectivity index (χ2n) is 8.20. The summed E-state index contributed by atoms with van der Waals surface area (Å²) in [7, 11) is 1.62. The van der Waals surface area contributed by atoms with E-state index in [2.05, 4.69) is 33.9 Å². The summed E-state index contributed by atoms with van der Waals surface area (Å²) in [5, 5.41) is 5.02. The Morgan fingerprint density at radius 2 is 2.09 bits per heavy atom. The van der Waals surface area contributed by atoms with Gasteiger partial charge in [-0.25, -0.2) is 0 Å². The van der Waals surface area contributed by atoms with Crippen molar-refractivity contribution in [2.24, 2.45) is 0 Å². The van der Waals surface area contributed by atoms with E-state index in [1.807, 2.05) is 24.3 Å². The molecular formula is C24H36N4O3S. The zero-order valence-electron chi connectivity index (χ0n) is 19.5. The first-order chi connectivity index (χ1) is 15.5. The SMILES string of the molecule is CCN(CC)CCCN(Cc1cc2ccc(OC)cc2[nH]c1=O)C(=S)NC[C@H]1CCCO1. The van der Waals surface area contributed by atoms with E-state index < -0.39 is 0 Å². The predicted molar refractivity (Wildman–Crippen MR) is 134 cm³/mol. The van der Waals surface area contributed by atoms with E-state index in [-0.39, 0.29) is 11.7 Å². The molecule has 1 aromatic heterocycles. The Balaban J connectivity index is 1.73. The molecule has 176 valence electrons. The molecule has 2 heterocycles. The Morgan fingerprint density at radius 3 is 2.78 bits per heavy atom. The zero-order chi connectivity index (χ0) is 22.9. The lowest BCUT2D eigenvalue weighted by atomic mass is 10.1. The van der Waals surface area contributed by atoms with Gasteiger partial charge in [-0.05, 0) is 74.7 Å². The summed E-state index contributed by atoms with van der Waals surface area (Å²) in [6, 6.07) is 7.66. The van der Waals surface area contributed by atoms with E-state index in [1.165, 1.54) is 0 Å². The van der Waals surface area contributed by atoms with E-state index in [0.29, 0.717) is 23.8 Å². The second-order valence-corrected chi connectivity index (χ2v) is 8.59. The van der Waals surface area contributed by atoms with Gasteiger partial charge in [0.15, 0.2) is 5.11 Å². The highest BCUT2D eigenvalue weighted by Gasteiger charge is 2.18. The highest BCUT2D eigenvalue weighted by Crippen LogP contribution is 2.19. The molecule has 1 fully saturated rings. The number of benzene rings is 1. The lowest BCUT2D eigenvalue weighted by Crippen LogP contribution is -2.44. The van der Waals surface area contributed by atoms with Crippen molar-refractivity contribution in [3.8, 4) is 5.75 Å². The minimum atomic E-state index is -0.0959. The van der Waals surface area contributed by atoms with Gasteiger partial charge >= 0.3 is 0 Å². The maximum absolute atomic E-state index is 12.8. The summed E-state index contributed by atoms with van der Waals surface area (Å²) < 4.78 is 11.0. The van der Waals surface area contributed by atoms with Gasteiger partial charge in [-0.1, -0.05) is 13.8 Å². The third-order valence-electron chi connectivity index (χ3n) is 6.08. The summed E-state index contributed by atoms with van der Waals surface area (Å²) in [5.41, 5.74) is 1.37. The van der Waals surface area contributed by atoms with Crippen LogP contribution in [0, 0.1) is 0 Å². The van der Waals surface area contributed by atoms with Gasteiger partial charge in [0.05, 0.1) is 25.3 Å². The van der Waals surface area contributed by atoms with Gasteiger partial charge in [-0.2, -0.15) is 0 Å². The molecule has 0 aliphatic carbocycles. The van der Waals surface area contributed by atoms with E-state index >= 15 is 0 Å². The van der Waals surface area contributed by atoms with Crippen molar-refractivity contribution in [1.82, 2.24) is 20.1 Å². The van der Waals surface area contributed by atoms with Gasteiger partial charge in [0.25, 0.3) is 5.56 Å². The van der Waals surface area contributed by atoms with Crippen LogP contribution in [0.2, 0.25) is 0 Å². The van der Waals surface area contributed by atoms with Crippen molar-refractivity contribution in [2.75, 3.05) is 46.4 Å². The summed E-state index contributed by atoms with van der Waals surface area (Å²) in [5.74, 6) is 0.721. The maximum Gasteiger partial charge on any atom is 0.253 e. The molecule has 0 bridgehead atoms. The second kappa shape index (κ2) is 12.2. The Kier molecular flexibility index (Phi) is 9.32. The Labute approximate surface area is 196 Å². The standard InChI is InChI=1S/C24H36N4O3S/c1-4-27(5-2)11-7-12-28(24(32)25-16-21-8-6-13-31-21)17-19-14-18-9-10-20(30-3)15-22(18)26-23(19)29/h9-10,14-15,21H,4-8,11-13,16-17H2,1-3H3,(H,25,32)(H,26,29)/t21-/m1/s1. The van der Waals surface area contributed by atoms with Gasteiger partial charge < -0.3 is 29.6 Å². The number of aromatic nitrogens is 1. The molecule has 0 spiro atoms. The van der Waals surface area contributed by atoms with Crippen LogP contribution in [0.15, 0.2) is 29.1 Å². The van der Waals surface area contributed by atoms with Crippen LogP contribution >= 0.6 is 12.2 Å². The number of nitrogens with zero attached hydrogens (tertiary/aromatic N) is 2. The Bertz CT molecular complexity index is 938. The third-order valence-corrected chi connectivity index (χ3v) is 6.48. The first-order valence-electron chi connectivity index (χ1n) is 11.6. The number of H-pyrrole nitrogens is 1. The molecule has 2 aromatic rings. The highest BCUT2D eigenvalue weighted by molar-refractivity contribution is 7.80. The molecule has 0 amide bonds. The van der Waals surface area contributed by atoms with Gasteiger partial charge in [0.1, 0.15) is 5.75 Å². The van der Waals surface area contributed by atoms with Crippen LogP contribution in [0.1, 0.15) is 38.7 Å². The topological polar surface area (TPSA) is 69.8 Å². The molecule has 1 aliphatic rings. The molecule has 8 heteroatoms. The fraction of sp³-hybridized carbons (Fsp3) is 0.583. The number of thiocarbonyl (C=S) groups is 1. The fourth-order valence-corrected chi connectivity index (χ4v) is 4.31. The minimum absolute atomic E-state index is 0.0959.